The zero-order valence-electron chi connectivity index (χ0n) is 55.4. The van der Waals surface area contributed by atoms with E-state index in [1.165, 1.54) is 70.1 Å². The number of anilines is 4. The summed E-state index contributed by atoms with van der Waals surface area (Å²) in [4.78, 5) is 9.89. The molecule has 90 heavy (non-hydrogen) atoms. The molecule has 12 aromatic rings. The van der Waals surface area contributed by atoms with Gasteiger partial charge in [-0.05, 0) is 150 Å². The van der Waals surface area contributed by atoms with Crippen molar-refractivity contribution < 1.29 is 25.8 Å². The molecule has 4 heterocycles. The molecule has 1 aliphatic rings. The quantitative estimate of drug-likeness (QED) is 0.128. The van der Waals surface area contributed by atoms with Crippen LogP contribution in [0.15, 0.2) is 176 Å². The summed E-state index contributed by atoms with van der Waals surface area (Å²) in [5, 5.41) is 4.82. The van der Waals surface area contributed by atoms with Crippen molar-refractivity contribution in [1.29, 1.82) is 0 Å². The van der Waals surface area contributed by atoms with Gasteiger partial charge in [0, 0.05) is 92.6 Å². The molecule has 0 fully saturated rings. The van der Waals surface area contributed by atoms with Crippen LogP contribution in [0.5, 0.6) is 11.5 Å². The van der Waals surface area contributed by atoms with Crippen LogP contribution in [-0.2, 0) is 42.7 Å². The molecule has 5 nitrogen and oxygen atoms in total. The van der Waals surface area contributed by atoms with E-state index >= 15 is 0 Å². The monoisotopic (exact) mass is 1380 g/mol. The van der Waals surface area contributed by atoms with Gasteiger partial charge in [0.15, 0.2) is 0 Å². The zero-order valence-corrected chi connectivity index (χ0v) is 58.5. The number of aromatic nitrogens is 2. The van der Waals surface area contributed by atoms with Gasteiger partial charge >= 0.3 is 0 Å². The van der Waals surface area contributed by atoms with E-state index in [1.807, 2.05) is 17.5 Å². The molecule has 0 bridgehead atoms. The maximum absolute atomic E-state index is 7.21. The summed E-state index contributed by atoms with van der Waals surface area (Å²) >= 11 is 1.85. The van der Waals surface area contributed by atoms with Crippen LogP contribution in [0.1, 0.15) is 162 Å². The van der Waals surface area contributed by atoms with Gasteiger partial charge in [-0.1, -0.05) is 213 Å². The molecule has 0 aliphatic carbocycles. The number of hydrogen-bond acceptors (Lipinski definition) is 5. The minimum Gasteiger partial charge on any atom is -0.509 e. The Morgan fingerprint density at radius 3 is 1.69 bits per heavy atom. The van der Waals surface area contributed by atoms with Gasteiger partial charge in [0.1, 0.15) is 5.82 Å². The SMILES string of the molecule is Cc1cc(-c2ccc(C(C)(C)C)cc2)c(N2[CH-]N(c3[c-]c(Oc4[c-]c5c(cc4)c4c6sc7ccccc7c6ccc4n5-c4cc(C(C)(C)C)ccn4)cc(C(C)(C)C)c3)c3ccc(-c4c(C(C)C)cccc4C(C)C)cc32)c(-c2ccc(C(C)(C)C)cc2)c1.[Pt]. The summed E-state index contributed by atoms with van der Waals surface area (Å²) < 4.78 is 12.0. The fourth-order valence-electron chi connectivity index (χ4n) is 13.1. The summed E-state index contributed by atoms with van der Waals surface area (Å²) in [6, 6.07) is 71.5. The summed E-state index contributed by atoms with van der Waals surface area (Å²) in [7, 11) is 0. The number of nitrogens with zero attached hydrogens (tertiary/aromatic N) is 4. The first kappa shape index (κ1) is 62.4. The molecular weight excluding hydrogens is 1300 g/mol. The molecule has 0 saturated heterocycles. The summed E-state index contributed by atoms with van der Waals surface area (Å²) in [5.41, 5.74) is 21.8. The predicted octanol–water partition coefficient (Wildman–Crippen LogP) is 24.1. The van der Waals surface area contributed by atoms with Gasteiger partial charge < -0.3 is 19.1 Å². The summed E-state index contributed by atoms with van der Waals surface area (Å²) in [6.07, 6.45) is 1.94. The Kier molecular flexibility index (Phi) is 16.1. The van der Waals surface area contributed by atoms with Crippen LogP contribution >= 0.6 is 11.3 Å². The maximum Gasteiger partial charge on any atom is 0.135 e. The third kappa shape index (κ3) is 11.4. The van der Waals surface area contributed by atoms with Crippen molar-refractivity contribution in [2.45, 2.75) is 151 Å². The van der Waals surface area contributed by atoms with E-state index in [0.717, 1.165) is 72.8 Å². The molecular formula is C83H83N4OPtS-3. The van der Waals surface area contributed by atoms with E-state index in [9.17, 15) is 0 Å². The van der Waals surface area contributed by atoms with Crippen LogP contribution in [0.2, 0.25) is 0 Å². The average molecular weight is 1380 g/mol. The Bertz CT molecular complexity index is 4620. The van der Waals surface area contributed by atoms with Crippen LogP contribution < -0.4 is 14.5 Å². The van der Waals surface area contributed by atoms with Crippen LogP contribution in [0.25, 0.3) is 81.2 Å². The molecule has 1 aliphatic heterocycles. The van der Waals surface area contributed by atoms with Crippen molar-refractivity contribution >= 4 is 76.1 Å². The van der Waals surface area contributed by atoms with Gasteiger partial charge in [-0.15, -0.1) is 65.0 Å². The van der Waals surface area contributed by atoms with Crippen molar-refractivity contribution in [3.63, 3.8) is 0 Å². The minimum atomic E-state index is -0.253. The van der Waals surface area contributed by atoms with Crippen molar-refractivity contribution in [3.05, 3.63) is 234 Å². The van der Waals surface area contributed by atoms with E-state index in [4.69, 9.17) is 9.72 Å². The number of thiophene rings is 1. The fraction of sp³-hybridized carbons (Fsp3) is 0.277. The average Bonchev–Trinajstić information content (AvgIpc) is 1.56. The van der Waals surface area contributed by atoms with Crippen LogP contribution in [0.3, 0.4) is 0 Å². The van der Waals surface area contributed by atoms with Crippen LogP contribution in [-0.4, -0.2) is 9.55 Å². The fourth-order valence-corrected chi connectivity index (χ4v) is 14.4. The molecule has 9 aromatic carbocycles. The Morgan fingerprint density at radius 2 is 1.09 bits per heavy atom. The molecule has 3 aromatic heterocycles. The van der Waals surface area contributed by atoms with Gasteiger partial charge in [0.05, 0.1) is 0 Å². The number of pyridine rings is 1. The Balaban J connectivity index is 0.00000785. The Morgan fingerprint density at radius 1 is 0.500 bits per heavy atom. The maximum atomic E-state index is 7.21. The molecule has 0 atom stereocenters. The van der Waals surface area contributed by atoms with Crippen molar-refractivity contribution in [3.8, 4) is 50.7 Å². The molecule has 0 radical (unpaired) electrons. The van der Waals surface area contributed by atoms with E-state index in [-0.39, 0.29) is 42.7 Å². The minimum absolute atomic E-state index is 0. The topological polar surface area (TPSA) is 33.5 Å². The van der Waals surface area contributed by atoms with E-state index < -0.39 is 0 Å². The third-order valence-corrected chi connectivity index (χ3v) is 19.4. The number of ether oxygens (including phenoxy) is 1. The van der Waals surface area contributed by atoms with Gasteiger partial charge in [-0.3, -0.25) is 0 Å². The number of hydrogen-bond donors (Lipinski definition) is 0. The van der Waals surface area contributed by atoms with Crippen LogP contribution in [0, 0.1) is 25.7 Å². The second kappa shape index (κ2) is 23.2. The number of benzene rings is 9. The largest absolute Gasteiger partial charge is 0.509 e. The first-order valence-electron chi connectivity index (χ1n) is 31.8. The molecule has 7 heteroatoms. The van der Waals surface area contributed by atoms with Gasteiger partial charge in [-0.2, -0.15) is 6.07 Å². The molecule has 13 rings (SSSR count). The third-order valence-electron chi connectivity index (χ3n) is 18.2. The van der Waals surface area contributed by atoms with E-state index in [1.54, 1.807) is 0 Å². The molecule has 0 spiro atoms. The van der Waals surface area contributed by atoms with Crippen molar-refractivity contribution in [1.82, 2.24) is 9.55 Å². The number of fused-ring (bicyclic) bond motifs is 8. The molecule has 0 saturated carbocycles. The number of aryl methyl sites for hydroxylation is 1. The van der Waals surface area contributed by atoms with Crippen molar-refractivity contribution in [2.75, 3.05) is 9.80 Å². The second-order valence-electron chi connectivity index (χ2n) is 29.5. The summed E-state index contributed by atoms with van der Waals surface area (Å²) in [5.74, 6) is 2.70. The predicted molar refractivity (Wildman–Crippen MR) is 381 cm³/mol. The van der Waals surface area contributed by atoms with E-state index in [0.29, 0.717) is 23.3 Å². The Labute approximate surface area is 553 Å². The summed E-state index contributed by atoms with van der Waals surface area (Å²) in [6.45, 7) is 41.2. The number of rotatable bonds is 10. The van der Waals surface area contributed by atoms with Crippen molar-refractivity contribution in [2.24, 2.45) is 0 Å². The molecule has 0 unspecified atom stereocenters. The molecule has 0 amide bonds. The van der Waals surface area contributed by atoms with E-state index in [2.05, 4.69) is 321 Å². The van der Waals surface area contributed by atoms with Gasteiger partial charge in [0.2, 0.25) is 0 Å². The zero-order chi connectivity index (χ0) is 62.8. The first-order valence-corrected chi connectivity index (χ1v) is 32.6. The molecule has 0 N–H and O–H groups in total. The standard InChI is InChI=1S/C83H83N4OS.Pt/c1-50(2)63-22-20-23-64(51(3)4)76(63)55-29-37-70-73(43-55)86(78-68(53-25-30-56(31-26-53)80(6,7)8)41-52(5)42-69(78)54-27-32-57(33-28-54)81(9,10)11)49-85(70)60-44-59(83(15,16)17)45-62(47-60)88-61-34-35-67-72(48-61)87(75-46-58(39-40-84-75)82(12,13)14)71-38-36-66-65-21-18-19-24-74(65)89-79(66)77(67)71;/h18-46,49-51H,1-17H3;/q-3;. The smallest absolute Gasteiger partial charge is 0.135 e. The Hall–Kier alpha value is -7.76. The second-order valence-corrected chi connectivity index (χ2v) is 30.6. The van der Waals surface area contributed by atoms with Gasteiger partial charge in [-0.25, -0.2) is 4.98 Å². The first-order chi connectivity index (χ1) is 42.2. The van der Waals surface area contributed by atoms with Crippen LogP contribution in [0.4, 0.5) is 22.7 Å². The van der Waals surface area contributed by atoms with Gasteiger partial charge in [0.25, 0.3) is 0 Å². The molecule has 460 valence electrons. The normalized spacial score (nSPS) is 13.2.